The molecule has 13 heavy (non-hydrogen) atoms. The molecule has 0 atom stereocenters. The van der Waals surface area contributed by atoms with Crippen LogP contribution in [0.15, 0.2) is 30.0 Å². The Balaban J connectivity index is 2.39. The molecule has 0 spiro atoms. The van der Waals surface area contributed by atoms with Crippen LogP contribution < -0.4 is 4.74 Å². The molecule has 1 aliphatic heterocycles. The summed E-state index contributed by atoms with van der Waals surface area (Å²) in [5.41, 5.74) is 1.42. The minimum absolute atomic E-state index is 0.189. The topological polar surface area (TPSA) is 46.5 Å². The quantitative estimate of drug-likeness (QED) is 0.658. The van der Waals surface area contributed by atoms with Gasteiger partial charge in [-0.1, -0.05) is 0 Å². The lowest BCUT2D eigenvalue weighted by atomic mass is 10.0. The molecule has 2 rings (SSSR count). The number of carbonyl (C=O) groups excluding carboxylic acids is 1. The van der Waals surface area contributed by atoms with E-state index >= 15 is 0 Å². The van der Waals surface area contributed by atoms with Gasteiger partial charge in [-0.15, -0.1) is 0 Å². The minimum Gasteiger partial charge on any atom is -0.508 e. The summed E-state index contributed by atoms with van der Waals surface area (Å²) in [6, 6.07) is 4.84. The maximum Gasteiger partial charge on any atom is 0.149 e. The third-order valence-corrected chi connectivity index (χ3v) is 1.93. The molecule has 3 heteroatoms. The van der Waals surface area contributed by atoms with Crippen LogP contribution in [0.4, 0.5) is 0 Å². The molecule has 1 aromatic rings. The van der Waals surface area contributed by atoms with Crippen molar-refractivity contribution in [2.75, 3.05) is 0 Å². The van der Waals surface area contributed by atoms with Crippen LogP contribution in [0, 0.1) is 0 Å². The Bertz CT molecular complexity index is 380. The van der Waals surface area contributed by atoms with Gasteiger partial charge in [-0.2, -0.15) is 0 Å². The maximum atomic E-state index is 10.4. The fourth-order valence-corrected chi connectivity index (χ4v) is 1.29. The van der Waals surface area contributed by atoms with Crippen LogP contribution in [0.1, 0.15) is 5.56 Å². The summed E-state index contributed by atoms with van der Waals surface area (Å²) in [6.45, 7) is 0. The molecule has 1 aromatic carbocycles. The lowest BCUT2D eigenvalue weighted by Crippen LogP contribution is -2.03. The largest absolute Gasteiger partial charge is 0.508 e. The van der Waals surface area contributed by atoms with Gasteiger partial charge in [0.05, 0.1) is 6.26 Å². The Morgan fingerprint density at radius 3 is 3.08 bits per heavy atom. The van der Waals surface area contributed by atoms with Gasteiger partial charge in [0.1, 0.15) is 17.8 Å². The average Bonchev–Trinajstić information content (AvgIpc) is 2.16. The van der Waals surface area contributed by atoms with Gasteiger partial charge >= 0.3 is 0 Å². The first-order chi connectivity index (χ1) is 6.29. The number of phenolic OH excluding ortho intramolecular Hbond substituents is 1. The second kappa shape index (κ2) is 2.94. The molecule has 0 saturated carbocycles. The highest BCUT2D eigenvalue weighted by atomic mass is 16.5. The van der Waals surface area contributed by atoms with E-state index in [4.69, 9.17) is 4.74 Å². The predicted molar refractivity (Wildman–Crippen MR) is 46.6 cm³/mol. The third kappa shape index (κ3) is 1.40. The van der Waals surface area contributed by atoms with Gasteiger partial charge in [-0.3, -0.25) is 4.79 Å². The van der Waals surface area contributed by atoms with Crippen molar-refractivity contribution in [2.24, 2.45) is 0 Å². The molecule has 1 N–H and O–H groups in total. The number of benzene rings is 1. The van der Waals surface area contributed by atoms with E-state index in [9.17, 15) is 9.90 Å². The monoisotopic (exact) mass is 176 g/mol. The van der Waals surface area contributed by atoms with Crippen LogP contribution in [0.5, 0.6) is 11.5 Å². The van der Waals surface area contributed by atoms with Crippen molar-refractivity contribution in [1.82, 2.24) is 0 Å². The van der Waals surface area contributed by atoms with E-state index in [1.165, 1.54) is 6.26 Å². The van der Waals surface area contributed by atoms with E-state index in [0.29, 0.717) is 17.7 Å². The number of carbonyl (C=O) groups is 1. The first-order valence-corrected chi connectivity index (χ1v) is 3.92. The normalized spacial score (nSPS) is 14.0. The van der Waals surface area contributed by atoms with E-state index in [2.05, 4.69) is 0 Å². The zero-order chi connectivity index (χ0) is 9.26. The van der Waals surface area contributed by atoms with Crippen molar-refractivity contribution in [3.8, 4) is 11.5 Å². The molecule has 0 aromatic heterocycles. The fourth-order valence-electron chi connectivity index (χ4n) is 1.29. The lowest BCUT2D eigenvalue weighted by Gasteiger charge is -2.13. The van der Waals surface area contributed by atoms with E-state index in [1.54, 1.807) is 18.2 Å². The highest BCUT2D eigenvalue weighted by Crippen LogP contribution is 2.28. The smallest absolute Gasteiger partial charge is 0.149 e. The molecule has 0 amide bonds. The molecule has 0 fully saturated rings. The zero-order valence-corrected chi connectivity index (χ0v) is 6.86. The Kier molecular flexibility index (Phi) is 1.77. The number of rotatable bonds is 1. The number of phenols is 1. The summed E-state index contributed by atoms with van der Waals surface area (Å²) >= 11 is 0. The third-order valence-electron chi connectivity index (χ3n) is 1.93. The molecule has 0 radical (unpaired) electrons. The van der Waals surface area contributed by atoms with Crippen molar-refractivity contribution in [2.45, 2.75) is 6.42 Å². The van der Waals surface area contributed by atoms with Gasteiger partial charge in [0, 0.05) is 17.6 Å². The number of aldehydes is 1. The second-order valence-electron chi connectivity index (χ2n) is 2.90. The molecular weight excluding hydrogens is 168 g/mol. The van der Waals surface area contributed by atoms with Gasteiger partial charge in [-0.05, 0) is 18.2 Å². The number of ether oxygens (including phenoxy) is 1. The predicted octanol–water partition coefficient (Wildman–Crippen LogP) is 1.41. The van der Waals surface area contributed by atoms with Crippen LogP contribution in [-0.4, -0.2) is 11.4 Å². The second-order valence-corrected chi connectivity index (χ2v) is 2.90. The van der Waals surface area contributed by atoms with Crippen molar-refractivity contribution in [3.05, 3.63) is 35.6 Å². The van der Waals surface area contributed by atoms with Crippen molar-refractivity contribution in [3.63, 3.8) is 0 Å². The molecular formula is C10H8O3. The minimum atomic E-state index is 0.189. The molecule has 1 aliphatic rings. The van der Waals surface area contributed by atoms with Crippen LogP contribution >= 0.6 is 0 Å². The van der Waals surface area contributed by atoms with E-state index in [1.807, 2.05) is 0 Å². The Labute approximate surface area is 75.3 Å². The molecule has 3 nitrogen and oxygen atoms in total. The molecule has 0 unspecified atom stereocenters. The lowest BCUT2D eigenvalue weighted by molar-refractivity contribution is -0.105. The Morgan fingerprint density at radius 1 is 1.46 bits per heavy atom. The van der Waals surface area contributed by atoms with Gasteiger partial charge in [-0.25, -0.2) is 0 Å². The number of fused-ring (bicyclic) bond motifs is 1. The van der Waals surface area contributed by atoms with Crippen LogP contribution in [0.25, 0.3) is 0 Å². The number of hydrogen-bond donors (Lipinski definition) is 1. The fraction of sp³-hybridized carbons (Fsp3) is 0.100. The summed E-state index contributed by atoms with van der Waals surface area (Å²) in [6.07, 6.45) is 2.71. The zero-order valence-electron chi connectivity index (χ0n) is 6.86. The summed E-state index contributed by atoms with van der Waals surface area (Å²) < 4.78 is 5.18. The van der Waals surface area contributed by atoms with E-state index in [0.717, 1.165) is 11.8 Å². The first-order valence-electron chi connectivity index (χ1n) is 3.92. The van der Waals surface area contributed by atoms with Gasteiger partial charge in [0.2, 0.25) is 0 Å². The van der Waals surface area contributed by atoms with Gasteiger partial charge in [0.25, 0.3) is 0 Å². The van der Waals surface area contributed by atoms with E-state index in [-0.39, 0.29) is 5.75 Å². The summed E-state index contributed by atoms with van der Waals surface area (Å²) in [4.78, 5) is 10.4. The molecule has 66 valence electrons. The number of aromatic hydroxyl groups is 1. The summed E-state index contributed by atoms with van der Waals surface area (Å²) in [5.74, 6) is 0.887. The number of hydrogen-bond acceptors (Lipinski definition) is 3. The van der Waals surface area contributed by atoms with Gasteiger partial charge < -0.3 is 9.84 Å². The summed E-state index contributed by atoms with van der Waals surface area (Å²) in [7, 11) is 0. The first kappa shape index (κ1) is 7.86. The molecule has 0 saturated heterocycles. The van der Waals surface area contributed by atoms with Crippen LogP contribution in [-0.2, 0) is 11.2 Å². The van der Waals surface area contributed by atoms with Crippen LogP contribution in [0.2, 0.25) is 0 Å². The van der Waals surface area contributed by atoms with Crippen molar-refractivity contribution < 1.29 is 14.6 Å². The van der Waals surface area contributed by atoms with Gasteiger partial charge in [0.15, 0.2) is 0 Å². The van der Waals surface area contributed by atoms with Crippen molar-refractivity contribution >= 4 is 6.29 Å². The van der Waals surface area contributed by atoms with Crippen molar-refractivity contribution in [1.29, 1.82) is 0 Å². The standard InChI is InChI=1S/C10H8O3/c11-5-7-3-8-4-9(12)1-2-10(8)13-6-7/h1-2,4-6,12H,3H2. The molecule has 0 aliphatic carbocycles. The average molecular weight is 176 g/mol. The molecule has 1 heterocycles. The van der Waals surface area contributed by atoms with E-state index < -0.39 is 0 Å². The maximum absolute atomic E-state index is 10.4. The highest BCUT2D eigenvalue weighted by molar-refractivity contribution is 5.74. The number of allylic oxidation sites excluding steroid dienone is 1. The Hall–Kier alpha value is -1.77. The summed E-state index contributed by atoms with van der Waals surface area (Å²) in [5, 5.41) is 9.18. The highest BCUT2D eigenvalue weighted by Gasteiger charge is 2.12. The Morgan fingerprint density at radius 2 is 2.31 bits per heavy atom. The SMILES string of the molecule is O=CC1=COc2ccc(O)cc2C1. The van der Waals surface area contributed by atoms with Crippen LogP contribution in [0.3, 0.4) is 0 Å². The molecule has 0 bridgehead atoms.